The van der Waals surface area contributed by atoms with Crippen molar-refractivity contribution < 1.29 is 4.79 Å². The molecule has 0 aliphatic carbocycles. The Hall–Kier alpha value is -1.83. The number of carbonyl (C=O) groups excluding carboxylic acids is 1. The summed E-state index contributed by atoms with van der Waals surface area (Å²) >= 11 is 0. The van der Waals surface area contributed by atoms with Crippen LogP contribution in [0, 0.1) is 0 Å². The highest BCUT2D eigenvalue weighted by Crippen LogP contribution is 2.25. The molecule has 2 aromatic rings. The quantitative estimate of drug-likeness (QED) is 0.818. The van der Waals surface area contributed by atoms with Gasteiger partial charge in [-0.1, -0.05) is 49.2 Å². The molecule has 1 N–H and O–H groups in total. The number of hydrogen-bond acceptors (Lipinski definition) is 1. The van der Waals surface area contributed by atoms with E-state index in [2.05, 4.69) is 47.8 Å². The number of rotatable bonds is 1. The fourth-order valence-corrected chi connectivity index (χ4v) is 2.82. The largest absolute Gasteiger partial charge is 0.349 e. The third-order valence-corrected chi connectivity index (χ3v) is 3.91. The molecule has 3 rings (SSSR count). The predicted molar refractivity (Wildman–Crippen MR) is 77.9 cm³/mol. The second kappa shape index (κ2) is 5.43. The molecule has 2 aromatic carbocycles. The first-order chi connectivity index (χ1) is 9.33. The van der Waals surface area contributed by atoms with E-state index in [1.165, 1.54) is 22.8 Å². The zero-order valence-corrected chi connectivity index (χ0v) is 11.1. The van der Waals surface area contributed by atoms with Crippen molar-refractivity contribution >= 4 is 16.7 Å². The van der Waals surface area contributed by atoms with Crippen molar-refractivity contribution in [1.82, 2.24) is 5.32 Å². The van der Waals surface area contributed by atoms with Gasteiger partial charge in [-0.2, -0.15) is 0 Å². The van der Waals surface area contributed by atoms with Gasteiger partial charge >= 0.3 is 0 Å². The number of amides is 1. The molecular formula is C17H19NO. The van der Waals surface area contributed by atoms with Crippen LogP contribution in [0.15, 0.2) is 42.5 Å². The fourth-order valence-electron chi connectivity index (χ4n) is 2.82. The van der Waals surface area contributed by atoms with Crippen molar-refractivity contribution in [2.75, 3.05) is 0 Å². The Labute approximate surface area is 113 Å². The third kappa shape index (κ3) is 2.78. The molecule has 0 spiro atoms. The van der Waals surface area contributed by atoms with Crippen molar-refractivity contribution in [1.29, 1.82) is 0 Å². The Morgan fingerprint density at radius 1 is 0.947 bits per heavy atom. The minimum Gasteiger partial charge on any atom is -0.349 e. The van der Waals surface area contributed by atoms with E-state index in [9.17, 15) is 4.79 Å². The lowest BCUT2D eigenvalue weighted by atomic mass is 9.95. The first-order valence-electron chi connectivity index (χ1n) is 7.11. The first kappa shape index (κ1) is 12.2. The van der Waals surface area contributed by atoms with Crippen LogP contribution >= 0.6 is 0 Å². The molecule has 1 amide bonds. The van der Waals surface area contributed by atoms with Crippen molar-refractivity contribution in [3.8, 4) is 0 Å². The van der Waals surface area contributed by atoms with Crippen LogP contribution in [0.25, 0.3) is 10.8 Å². The minimum atomic E-state index is 0.178. The highest BCUT2D eigenvalue weighted by atomic mass is 16.1. The van der Waals surface area contributed by atoms with E-state index < -0.39 is 0 Å². The van der Waals surface area contributed by atoms with Crippen LogP contribution < -0.4 is 5.32 Å². The molecule has 2 nitrogen and oxygen atoms in total. The van der Waals surface area contributed by atoms with Crippen LogP contribution in [0.1, 0.15) is 43.7 Å². The number of carbonyl (C=O) groups is 1. The lowest BCUT2D eigenvalue weighted by molar-refractivity contribution is -0.122. The average Bonchev–Trinajstić information content (AvgIpc) is 2.42. The second-order valence-electron chi connectivity index (χ2n) is 5.33. The first-order valence-corrected chi connectivity index (χ1v) is 7.11. The Morgan fingerprint density at radius 3 is 2.68 bits per heavy atom. The van der Waals surface area contributed by atoms with E-state index in [-0.39, 0.29) is 11.9 Å². The Balaban J connectivity index is 1.90. The lowest BCUT2D eigenvalue weighted by Gasteiger charge is -2.22. The van der Waals surface area contributed by atoms with Crippen LogP contribution in [-0.4, -0.2) is 5.91 Å². The van der Waals surface area contributed by atoms with Gasteiger partial charge in [-0.25, -0.2) is 0 Å². The van der Waals surface area contributed by atoms with Gasteiger partial charge in [-0.05, 0) is 35.2 Å². The molecule has 1 atom stereocenters. The zero-order chi connectivity index (χ0) is 13.1. The van der Waals surface area contributed by atoms with Crippen LogP contribution in [0.4, 0.5) is 0 Å². The van der Waals surface area contributed by atoms with Crippen molar-refractivity contribution in [2.45, 2.75) is 38.1 Å². The van der Waals surface area contributed by atoms with Crippen LogP contribution in [0.5, 0.6) is 0 Å². The summed E-state index contributed by atoms with van der Waals surface area (Å²) in [6.45, 7) is 0. The molecule has 0 radical (unpaired) electrons. The van der Waals surface area contributed by atoms with Gasteiger partial charge in [0.2, 0.25) is 5.91 Å². The summed E-state index contributed by atoms with van der Waals surface area (Å²) in [7, 11) is 0. The monoisotopic (exact) mass is 253 g/mol. The number of benzene rings is 2. The number of nitrogens with one attached hydrogen (secondary N) is 1. The minimum absolute atomic E-state index is 0.178. The zero-order valence-electron chi connectivity index (χ0n) is 11.1. The topological polar surface area (TPSA) is 29.1 Å². The standard InChI is InChI=1S/C17H19NO/c19-17-9-3-1-2-8-16(18-17)15-11-10-13-6-4-5-7-14(13)12-15/h4-7,10-12,16H,1-3,8-9H2,(H,18,19). The third-order valence-electron chi connectivity index (χ3n) is 3.91. The summed E-state index contributed by atoms with van der Waals surface area (Å²) in [6.07, 6.45) is 5.10. The maximum absolute atomic E-state index is 11.8. The Morgan fingerprint density at radius 2 is 1.79 bits per heavy atom. The molecule has 1 unspecified atom stereocenters. The highest BCUT2D eigenvalue weighted by molar-refractivity contribution is 5.83. The molecule has 2 heteroatoms. The number of fused-ring (bicyclic) bond motifs is 1. The average molecular weight is 253 g/mol. The van der Waals surface area contributed by atoms with E-state index in [1.807, 2.05) is 0 Å². The number of hydrogen-bond donors (Lipinski definition) is 1. The summed E-state index contributed by atoms with van der Waals surface area (Å²) in [4.78, 5) is 11.8. The van der Waals surface area contributed by atoms with Gasteiger partial charge in [0, 0.05) is 6.42 Å². The molecule has 98 valence electrons. The highest BCUT2D eigenvalue weighted by Gasteiger charge is 2.16. The molecule has 0 bridgehead atoms. The van der Waals surface area contributed by atoms with E-state index in [4.69, 9.17) is 0 Å². The van der Waals surface area contributed by atoms with Gasteiger partial charge < -0.3 is 5.32 Å². The molecule has 0 saturated carbocycles. The summed E-state index contributed by atoms with van der Waals surface area (Å²) in [5.74, 6) is 0.192. The molecule has 1 heterocycles. The van der Waals surface area contributed by atoms with E-state index in [0.29, 0.717) is 6.42 Å². The molecule has 0 aromatic heterocycles. The van der Waals surface area contributed by atoms with Gasteiger partial charge in [-0.15, -0.1) is 0 Å². The van der Waals surface area contributed by atoms with E-state index in [0.717, 1.165) is 19.3 Å². The normalized spacial score (nSPS) is 20.6. The van der Waals surface area contributed by atoms with E-state index >= 15 is 0 Å². The molecule has 1 aliphatic rings. The van der Waals surface area contributed by atoms with Crippen LogP contribution in [-0.2, 0) is 4.79 Å². The molecule has 1 fully saturated rings. The molecule has 1 aliphatic heterocycles. The van der Waals surface area contributed by atoms with Crippen molar-refractivity contribution in [3.63, 3.8) is 0 Å². The Kier molecular flexibility index (Phi) is 3.49. The summed E-state index contributed by atoms with van der Waals surface area (Å²) in [5.41, 5.74) is 1.23. The Bertz CT molecular complexity index is 591. The second-order valence-corrected chi connectivity index (χ2v) is 5.33. The molecule has 19 heavy (non-hydrogen) atoms. The van der Waals surface area contributed by atoms with E-state index in [1.54, 1.807) is 0 Å². The smallest absolute Gasteiger partial charge is 0.220 e. The predicted octanol–water partition coefficient (Wildman–Crippen LogP) is 3.96. The summed E-state index contributed by atoms with van der Waals surface area (Å²) in [5, 5.41) is 5.66. The van der Waals surface area contributed by atoms with Crippen molar-refractivity contribution in [3.05, 3.63) is 48.0 Å². The molecular weight excluding hydrogens is 234 g/mol. The summed E-state index contributed by atoms with van der Waals surface area (Å²) in [6, 6.07) is 15.0. The summed E-state index contributed by atoms with van der Waals surface area (Å²) < 4.78 is 0. The van der Waals surface area contributed by atoms with Crippen molar-refractivity contribution in [2.24, 2.45) is 0 Å². The van der Waals surface area contributed by atoms with Gasteiger partial charge in [0.15, 0.2) is 0 Å². The van der Waals surface area contributed by atoms with Gasteiger partial charge in [-0.3, -0.25) is 4.79 Å². The SMILES string of the molecule is O=C1CCCCCC(c2ccc3ccccc3c2)N1. The molecule has 1 saturated heterocycles. The van der Waals surface area contributed by atoms with Crippen LogP contribution in [0.2, 0.25) is 0 Å². The maximum Gasteiger partial charge on any atom is 0.220 e. The maximum atomic E-state index is 11.8. The van der Waals surface area contributed by atoms with Gasteiger partial charge in [0.25, 0.3) is 0 Å². The fraction of sp³-hybridized carbons (Fsp3) is 0.353. The lowest BCUT2D eigenvalue weighted by Crippen LogP contribution is -2.29. The van der Waals surface area contributed by atoms with Crippen LogP contribution in [0.3, 0.4) is 0 Å². The van der Waals surface area contributed by atoms with Gasteiger partial charge in [0.05, 0.1) is 6.04 Å². The van der Waals surface area contributed by atoms with Gasteiger partial charge in [0.1, 0.15) is 0 Å².